The molecule has 0 aliphatic heterocycles. The Bertz CT molecular complexity index is 1700. The van der Waals surface area contributed by atoms with E-state index in [1.54, 1.807) is 25.7 Å². The summed E-state index contributed by atoms with van der Waals surface area (Å²) in [5.41, 5.74) is 7.11. The van der Waals surface area contributed by atoms with Gasteiger partial charge in [0.1, 0.15) is 5.75 Å². The molecule has 0 fully saturated rings. The molecule has 2 heterocycles. The number of nitrogens with one attached hydrogen (secondary N) is 2. The predicted molar refractivity (Wildman–Crippen MR) is 166 cm³/mol. The summed E-state index contributed by atoms with van der Waals surface area (Å²) in [7, 11) is 1.65. The fourth-order valence-electron chi connectivity index (χ4n) is 4.11. The zero-order valence-electron chi connectivity index (χ0n) is 22.8. The molecular formula is C34H29N5O2. The molecule has 0 aliphatic carbocycles. The lowest BCUT2D eigenvalue weighted by Gasteiger charge is -2.11. The number of aromatic nitrogens is 3. The van der Waals surface area contributed by atoms with Crippen LogP contribution in [0.4, 0.5) is 17.3 Å². The molecule has 0 saturated heterocycles. The second kappa shape index (κ2) is 13.0. The molecule has 0 unspecified atom stereocenters. The molecule has 7 nitrogen and oxygen atoms in total. The van der Waals surface area contributed by atoms with Gasteiger partial charge in [-0.1, -0.05) is 54.6 Å². The lowest BCUT2D eigenvalue weighted by molar-refractivity contribution is -0.111. The highest BCUT2D eigenvalue weighted by molar-refractivity contribution is 6.02. The quantitative estimate of drug-likeness (QED) is 0.150. The molecule has 7 heteroatoms. The third kappa shape index (κ3) is 7.30. The Morgan fingerprint density at radius 3 is 2.41 bits per heavy atom. The molecule has 0 radical (unpaired) electrons. The van der Waals surface area contributed by atoms with Crippen molar-refractivity contribution < 1.29 is 9.53 Å². The van der Waals surface area contributed by atoms with Gasteiger partial charge in [0.15, 0.2) is 0 Å². The van der Waals surface area contributed by atoms with Gasteiger partial charge in [0.2, 0.25) is 11.9 Å². The largest absolute Gasteiger partial charge is 0.497 e. The average molecular weight is 540 g/mol. The number of amides is 1. The molecule has 5 aromatic rings. The van der Waals surface area contributed by atoms with Crippen molar-refractivity contribution in [1.29, 1.82) is 0 Å². The summed E-state index contributed by atoms with van der Waals surface area (Å²) >= 11 is 0. The summed E-state index contributed by atoms with van der Waals surface area (Å²) in [4.78, 5) is 25.9. The van der Waals surface area contributed by atoms with E-state index in [1.807, 2.05) is 110 Å². The summed E-state index contributed by atoms with van der Waals surface area (Å²) in [6.45, 7) is 1.98. The molecule has 3 aromatic carbocycles. The summed E-state index contributed by atoms with van der Waals surface area (Å²) < 4.78 is 5.22. The third-order valence-corrected chi connectivity index (χ3v) is 6.35. The van der Waals surface area contributed by atoms with Gasteiger partial charge in [-0.3, -0.25) is 9.78 Å². The topological polar surface area (TPSA) is 89.0 Å². The highest BCUT2D eigenvalue weighted by Crippen LogP contribution is 2.24. The SMILES string of the molecule is COc1ccc(/C=C/c2ccccc2/C=C/C(=O)Nc2ccc(C)c(Nc3nccc(-c4cccnc4)n3)c2)cc1. The van der Waals surface area contributed by atoms with Crippen LogP contribution >= 0.6 is 0 Å². The van der Waals surface area contributed by atoms with E-state index in [2.05, 4.69) is 25.6 Å². The monoisotopic (exact) mass is 539 g/mol. The summed E-state index contributed by atoms with van der Waals surface area (Å²) in [5.74, 6) is 1.04. The number of nitrogens with zero attached hydrogens (tertiary/aromatic N) is 3. The lowest BCUT2D eigenvalue weighted by atomic mass is 10.1. The highest BCUT2D eigenvalue weighted by Gasteiger charge is 2.07. The molecule has 0 aliphatic rings. The fraction of sp³-hybridized carbons (Fsp3) is 0.0588. The van der Waals surface area contributed by atoms with Crippen molar-refractivity contribution in [2.75, 3.05) is 17.7 Å². The second-order valence-corrected chi connectivity index (χ2v) is 9.22. The second-order valence-electron chi connectivity index (χ2n) is 9.22. The number of benzene rings is 3. The number of carbonyl (C=O) groups is 1. The first kappa shape index (κ1) is 27.0. The third-order valence-electron chi connectivity index (χ3n) is 6.35. The number of methoxy groups -OCH3 is 1. The molecule has 0 spiro atoms. The number of ether oxygens (including phenoxy) is 1. The van der Waals surface area contributed by atoms with Crippen molar-refractivity contribution >= 4 is 41.5 Å². The number of hydrogen-bond donors (Lipinski definition) is 2. The van der Waals surface area contributed by atoms with Crippen LogP contribution in [0.15, 0.2) is 110 Å². The maximum atomic E-state index is 12.8. The van der Waals surface area contributed by atoms with Crippen molar-refractivity contribution in [1.82, 2.24) is 15.0 Å². The van der Waals surface area contributed by atoms with E-state index in [-0.39, 0.29) is 5.91 Å². The maximum absolute atomic E-state index is 12.8. The van der Waals surface area contributed by atoms with Gasteiger partial charge in [0.25, 0.3) is 0 Å². The number of aryl methyl sites for hydroxylation is 1. The van der Waals surface area contributed by atoms with Crippen molar-refractivity contribution in [2.24, 2.45) is 0 Å². The van der Waals surface area contributed by atoms with E-state index < -0.39 is 0 Å². The van der Waals surface area contributed by atoms with Crippen molar-refractivity contribution in [3.05, 3.63) is 132 Å². The molecule has 2 aromatic heterocycles. The first-order valence-electron chi connectivity index (χ1n) is 13.1. The molecule has 0 atom stereocenters. The van der Waals surface area contributed by atoms with Crippen LogP contribution in [0, 0.1) is 6.92 Å². The summed E-state index contributed by atoms with van der Waals surface area (Å²) in [6.07, 6.45) is 12.6. The summed E-state index contributed by atoms with van der Waals surface area (Å²) in [6, 6.07) is 27.1. The number of anilines is 3. The van der Waals surface area contributed by atoms with Crippen LogP contribution in [-0.4, -0.2) is 28.0 Å². The van der Waals surface area contributed by atoms with E-state index in [9.17, 15) is 4.79 Å². The predicted octanol–water partition coefficient (Wildman–Crippen LogP) is 7.42. The lowest BCUT2D eigenvalue weighted by Crippen LogP contribution is -2.08. The van der Waals surface area contributed by atoms with Gasteiger partial charge < -0.3 is 15.4 Å². The van der Waals surface area contributed by atoms with Crippen molar-refractivity contribution in [3.63, 3.8) is 0 Å². The van der Waals surface area contributed by atoms with Crippen molar-refractivity contribution in [3.8, 4) is 17.0 Å². The summed E-state index contributed by atoms with van der Waals surface area (Å²) in [5, 5.41) is 6.21. The van der Waals surface area contributed by atoms with Crippen molar-refractivity contribution in [2.45, 2.75) is 6.92 Å². The fourth-order valence-corrected chi connectivity index (χ4v) is 4.11. The normalized spacial score (nSPS) is 11.1. The van der Waals surface area contributed by atoms with Crippen LogP contribution in [0.3, 0.4) is 0 Å². The van der Waals surface area contributed by atoms with Gasteiger partial charge in [-0.25, -0.2) is 9.97 Å². The first-order chi connectivity index (χ1) is 20.1. The minimum atomic E-state index is -0.233. The minimum Gasteiger partial charge on any atom is -0.497 e. The number of pyridine rings is 1. The minimum absolute atomic E-state index is 0.233. The van der Waals surface area contributed by atoms with Crippen LogP contribution in [-0.2, 0) is 4.79 Å². The molecular weight excluding hydrogens is 510 g/mol. The highest BCUT2D eigenvalue weighted by atomic mass is 16.5. The van der Waals surface area contributed by atoms with Crippen LogP contribution in [0.2, 0.25) is 0 Å². The van der Waals surface area contributed by atoms with Crippen LogP contribution in [0.5, 0.6) is 5.75 Å². The van der Waals surface area contributed by atoms with Crippen LogP contribution in [0.1, 0.15) is 22.3 Å². The van der Waals surface area contributed by atoms with E-state index >= 15 is 0 Å². The van der Waals surface area contributed by atoms with Crippen LogP contribution in [0.25, 0.3) is 29.5 Å². The Balaban J connectivity index is 1.26. The standard InChI is InChI=1S/C34H29N5O2/c1-24-9-15-29(22-32(24)39-34-36-21-19-31(38-34)28-8-5-20-35-23-28)37-33(40)18-14-27-7-4-3-6-26(27)13-10-25-11-16-30(41-2)17-12-25/h3-23H,1-2H3,(H,37,40)(H,36,38,39)/b13-10+,18-14+. The number of rotatable bonds is 9. The Labute approximate surface area is 239 Å². The molecule has 0 bridgehead atoms. The molecule has 202 valence electrons. The molecule has 2 N–H and O–H groups in total. The molecule has 0 saturated carbocycles. The molecule has 5 rings (SSSR count). The van der Waals surface area contributed by atoms with Crippen LogP contribution < -0.4 is 15.4 Å². The zero-order valence-corrected chi connectivity index (χ0v) is 22.8. The van der Waals surface area contributed by atoms with Gasteiger partial charge in [-0.15, -0.1) is 0 Å². The van der Waals surface area contributed by atoms with Gasteiger partial charge in [0, 0.05) is 41.6 Å². The number of hydrogen-bond acceptors (Lipinski definition) is 6. The van der Waals surface area contributed by atoms with E-state index in [0.717, 1.165) is 44.9 Å². The van der Waals surface area contributed by atoms with Gasteiger partial charge >= 0.3 is 0 Å². The zero-order chi connectivity index (χ0) is 28.4. The van der Waals surface area contributed by atoms with Gasteiger partial charge in [0.05, 0.1) is 12.8 Å². The Morgan fingerprint density at radius 1 is 0.854 bits per heavy atom. The maximum Gasteiger partial charge on any atom is 0.248 e. The van der Waals surface area contributed by atoms with E-state index in [4.69, 9.17) is 4.74 Å². The molecule has 1 amide bonds. The molecule has 41 heavy (non-hydrogen) atoms. The van der Waals surface area contributed by atoms with E-state index in [1.165, 1.54) is 6.08 Å². The average Bonchev–Trinajstić information content (AvgIpc) is 3.02. The van der Waals surface area contributed by atoms with Gasteiger partial charge in [-0.2, -0.15) is 0 Å². The first-order valence-corrected chi connectivity index (χ1v) is 13.1. The Morgan fingerprint density at radius 2 is 1.66 bits per heavy atom. The number of carbonyl (C=O) groups excluding carboxylic acids is 1. The van der Waals surface area contributed by atoms with E-state index in [0.29, 0.717) is 11.6 Å². The van der Waals surface area contributed by atoms with Gasteiger partial charge in [-0.05, 0) is 77.7 Å². The smallest absolute Gasteiger partial charge is 0.248 e. The Kier molecular flexibility index (Phi) is 8.56. The Hall–Kier alpha value is -5.56.